The van der Waals surface area contributed by atoms with E-state index in [9.17, 15) is 8.42 Å². The fourth-order valence-corrected chi connectivity index (χ4v) is 1.84. The highest BCUT2D eigenvalue weighted by Crippen LogP contribution is 2.13. The first kappa shape index (κ1) is 16.2. The van der Waals surface area contributed by atoms with Crippen LogP contribution in [0.15, 0.2) is 24.3 Å². The summed E-state index contributed by atoms with van der Waals surface area (Å²) in [5.74, 6) is 0.592. The topological polar surface area (TPSA) is 61.8 Å². The zero-order valence-electron chi connectivity index (χ0n) is 10.7. The van der Waals surface area contributed by atoms with Crippen LogP contribution in [0.3, 0.4) is 0 Å². The number of rotatable bonds is 9. The summed E-state index contributed by atoms with van der Waals surface area (Å²) in [6, 6.07) is 7.57. The molecule has 0 radical (unpaired) electrons. The van der Waals surface area contributed by atoms with Crippen molar-refractivity contribution in [2.75, 3.05) is 32.7 Å². The van der Waals surface area contributed by atoms with Crippen LogP contribution in [-0.2, 0) is 25.1 Å². The van der Waals surface area contributed by atoms with E-state index in [1.807, 2.05) is 24.3 Å². The van der Waals surface area contributed by atoms with Gasteiger partial charge in [0.05, 0.1) is 39.3 Å². The van der Waals surface area contributed by atoms with Gasteiger partial charge in [0, 0.05) is 10.7 Å². The van der Waals surface area contributed by atoms with Crippen LogP contribution in [0, 0.1) is 0 Å². The molecule has 0 aliphatic rings. The average Bonchev–Trinajstić information content (AvgIpc) is 2.36. The molecule has 19 heavy (non-hydrogen) atoms. The molecule has 0 N–H and O–H groups in total. The number of hydrogen-bond donors (Lipinski definition) is 0. The molecule has 0 aliphatic carbocycles. The van der Waals surface area contributed by atoms with E-state index in [-0.39, 0.29) is 12.4 Å². The third-order valence-electron chi connectivity index (χ3n) is 2.25. The summed E-state index contributed by atoms with van der Waals surface area (Å²) >= 11 is 0. The molecule has 7 heteroatoms. The highest BCUT2D eigenvalue weighted by atomic mass is 35.7. The fourth-order valence-electron chi connectivity index (χ4n) is 1.33. The van der Waals surface area contributed by atoms with E-state index >= 15 is 0 Å². The van der Waals surface area contributed by atoms with Gasteiger partial charge in [-0.1, -0.05) is 12.1 Å². The highest BCUT2D eigenvalue weighted by molar-refractivity contribution is 8.13. The maximum Gasteiger partial charge on any atom is 0.234 e. The van der Waals surface area contributed by atoms with Gasteiger partial charge in [-0.05, 0) is 17.7 Å². The van der Waals surface area contributed by atoms with Crippen LogP contribution in [0.25, 0.3) is 0 Å². The van der Waals surface area contributed by atoms with Crippen molar-refractivity contribution in [3.05, 3.63) is 29.8 Å². The molecule has 0 saturated heterocycles. The first-order chi connectivity index (χ1) is 9.01. The Labute approximate surface area is 117 Å². The van der Waals surface area contributed by atoms with Gasteiger partial charge in [-0.25, -0.2) is 8.42 Å². The minimum absolute atomic E-state index is 0.0777. The third-order valence-corrected chi connectivity index (χ3v) is 3.36. The SMILES string of the molecule is COc1cccc(COCCOCCS(=O)(=O)Cl)c1. The molecule has 0 atom stereocenters. The summed E-state index contributed by atoms with van der Waals surface area (Å²) in [5.41, 5.74) is 1.00. The normalized spacial score (nSPS) is 11.5. The smallest absolute Gasteiger partial charge is 0.234 e. The zero-order valence-corrected chi connectivity index (χ0v) is 12.2. The standard InChI is InChI=1S/C12H17ClO5S/c1-16-12-4-2-3-11(9-12)10-18-6-5-17-7-8-19(13,14)15/h2-4,9H,5-8,10H2,1H3. The predicted molar refractivity (Wildman–Crippen MR) is 73.1 cm³/mol. The van der Waals surface area contributed by atoms with Crippen molar-refractivity contribution in [2.24, 2.45) is 0 Å². The van der Waals surface area contributed by atoms with Gasteiger partial charge in [0.15, 0.2) is 0 Å². The van der Waals surface area contributed by atoms with E-state index in [1.54, 1.807) is 7.11 Å². The second kappa shape index (κ2) is 8.37. The lowest BCUT2D eigenvalue weighted by Gasteiger charge is -2.06. The lowest BCUT2D eigenvalue weighted by Crippen LogP contribution is -2.10. The molecule has 0 unspecified atom stereocenters. The van der Waals surface area contributed by atoms with Gasteiger partial charge in [-0.2, -0.15) is 0 Å². The van der Waals surface area contributed by atoms with Crippen LogP contribution in [0.5, 0.6) is 5.75 Å². The Morgan fingerprint density at radius 3 is 2.58 bits per heavy atom. The fraction of sp³-hybridized carbons (Fsp3) is 0.500. The Kier molecular flexibility index (Phi) is 7.15. The van der Waals surface area contributed by atoms with Crippen molar-refractivity contribution in [3.63, 3.8) is 0 Å². The van der Waals surface area contributed by atoms with E-state index < -0.39 is 9.05 Å². The number of halogens is 1. The van der Waals surface area contributed by atoms with Crippen molar-refractivity contribution in [2.45, 2.75) is 6.61 Å². The average molecular weight is 309 g/mol. The highest BCUT2D eigenvalue weighted by Gasteiger charge is 2.03. The van der Waals surface area contributed by atoms with Gasteiger partial charge in [0.1, 0.15) is 5.75 Å². The first-order valence-corrected chi connectivity index (χ1v) is 8.20. The van der Waals surface area contributed by atoms with E-state index in [0.29, 0.717) is 19.8 Å². The van der Waals surface area contributed by atoms with Crippen LogP contribution in [-0.4, -0.2) is 41.1 Å². The summed E-state index contributed by atoms with van der Waals surface area (Å²) in [5, 5.41) is 0. The quantitative estimate of drug-likeness (QED) is 0.514. The van der Waals surface area contributed by atoms with Gasteiger partial charge in [-0.15, -0.1) is 0 Å². The first-order valence-electron chi connectivity index (χ1n) is 5.72. The zero-order chi connectivity index (χ0) is 14.1. The van der Waals surface area contributed by atoms with Crippen LogP contribution < -0.4 is 4.74 Å². The monoisotopic (exact) mass is 308 g/mol. The van der Waals surface area contributed by atoms with Crippen molar-refractivity contribution < 1.29 is 22.6 Å². The molecule has 1 aromatic carbocycles. The molecule has 1 rings (SSSR count). The molecule has 0 fully saturated rings. The molecule has 0 heterocycles. The summed E-state index contributed by atoms with van der Waals surface area (Å²) in [4.78, 5) is 0. The van der Waals surface area contributed by atoms with Crippen LogP contribution in [0.2, 0.25) is 0 Å². The van der Waals surface area contributed by atoms with Crippen molar-refractivity contribution in [1.29, 1.82) is 0 Å². The Morgan fingerprint density at radius 2 is 1.89 bits per heavy atom. The minimum Gasteiger partial charge on any atom is -0.497 e. The molecule has 0 spiro atoms. The number of methoxy groups -OCH3 is 1. The van der Waals surface area contributed by atoms with Gasteiger partial charge in [-0.3, -0.25) is 0 Å². The molecule has 0 saturated carbocycles. The minimum atomic E-state index is -3.48. The Hall–Kier alpha value is -0.820. The van der Waals surface area contributed by atoms with E-state index in [2.05, 4.69) is 0 Å². The second-order valence-corrected chi connectivity index (χ2v) is 6.66. The van der Waals surface area contributed by atoms with Crippen LogP contribution >= 0.6 is 10.7 Å². The molecule has 0 amide bonds. The summed E-state index contributed by atoms with van der Waals surface area (Å²) in [7, 11) is 3.17. The molecule has 1 aromatic rings. The van der Waals surface area contributed by atoms with Gasteiger partial charge in [0.2, 0.25) is 9.05 Å². The van der Waals surface area contributed by atoms with Gasteiger partial charge >= 0.3 is 0 Å². The largest absolute Gasteiger partial charge is 0.497 e. The Morgan fingerprint density at radius 1 is 1.16 bits per heavy atom. The second-order valence-electron chi connectivity index (χ2n) is 3.76. The predicted octanol–water partition coefficient (Wildman–Crippen LogP) is 1.80. The molecule has 0 aliphatic heterocycles. The molecular formula is C12H17ClO5S. The van der Waals surface area contributed by atoms with Crippen LogP contribution in [0.4, 0.5) is 0 Å². The third kappa shape index (κ3) is 8.05. The molecule has 0 aromatic heterocycles. The number of benzene rings is 1. The van der Waals surface area contributed by atoms with Gasteiger partial charge < -0.3 is 14.2 Å². The number of hydrogen-bond acceptors (Lipinski definition) is 5. The Bertz CT molecular complexity index is 475. The molecule has 5 nitrogen and oxygen atoms in total. The van der Waals surface area contributed by atoms with E-state index in [4.69, 9.17) is 24.9 Å². The Balaban J connectivity index is 2.10. The van der Waals surface area contributed by atoms with Crippen LogP contribution in [0.1, 0.15) is 5.56 Å². The maximum absolute atomic E-state index is 10.6. The van der Waals surface area contributed by atoms with Crippen molar-refractivity contribution in [1.82, 2.24) is 0 Å². The molecule has 0 bridgehead atoms. The lowest BCUT2D eigenvalue weighted by atomic mass is 10.2. The lowest BCUT2D eigenvalue weighted by molar-refractivity contribution is 0.0459. The summed E-state index contributed by atoms with van der Waals surface area (Å²) in [6.45, 7) is 1.25. The summed E-state index contributed by atoms with van der Waals surface area (Å²) < 4.78 is 36.8. The molecule has 108 valence electrons. The summed E-state index contributed by atoms with van der Waals surface area (Å²) in [6.07, 6.45) is 0. The maximum atomic E-state index is 10.6. The van der Waals surface area contributed by atoms with Crippen molar-refractivity contribution >= 4 is 19.7 Å². The van der Waals surface area contributed by atoms with Gasteiger partial charge in [0.25, 0.3) is 0 Å². The molecular weight excluding hydrogens is 292 g/mol. The van der Waals surface area contributed by atoms with E-state index in [1.165, 1.54) is 0 Å². The van der Waals surface area contributed by atoms with E-state index in [0.717, 1.165) is 11.3 Å². The van der Waals surface area contributed by atoms with Crippen molar-refractivity contribution in [3.8, 4) is 5.75 Å². The number of ether oxygens (including phenoxy) is 3.